The highest BCUT2D eigenvalue weighted by atomic mass is 32.1. The fourth-order valence-corrected chi connectivity index (χ4v) is 4.92. The van der Waals surface area contributed by atoms with Gasteiger partial charge in [0.2, 0.25) is 23.8 Å². The number of nitrogens with zero attached hydrogens (tertiary/aromatic N) is 3. The van der Waals surface area contributed by atoms with E-state index in [-0.39, 0.29) is 11.6 Å². The Labute approximate surface area is 194 Å². The van der Waals surface area contributed by atoms with Crippen molar-refractivity contribution in [3.63, 3.8) is 0 Å². The first-order chi connectivity index (χ1) is 16.1. The molecule has 1 saturated heterocycles. The number of anilines is 1. The van der Waals surface area contributed by atoms with Crippen LogP contribution in [-0.2, 0) is 19.1 Å². The van der Waals surface area contributed by atoms with Crippen molar-refractivity contribution in [1.29, 1.82) is 0 Å². The average molecular weight is 470 g/mol. The van der Waals surface area contributed by atoms with Gasteiger partial charge in [0.05, 0.1) is 25.0 Å². The van der Waals surface area contributed by atoms with Gasteiger partial charge in [-0.2, -0.15) is 0 Å². The Kier molecular flexibility index (Phi) is 6.21. The van der Waals surface area contributed by atoms with Crippen molar-refractivity contribution in [2.24, 2.45) is 0 Å². The van der Waals surface area contributed by atoms with Gasteiger partial charge in [0.1, 0.15) is 11.4 Å². The molecule has 0 saturated carbocycles. The number of benzene rings is 1. The first kappa shape index (κ1) is 21.7. The van der Waals surface area contributed by atoms with Gasteiger partial charge >= 0.3 is 0 Å². The third-order valence-corrected chi connectivity index (χ3v) is 6.68. The molecule has 0 spiro atoms. The second-order valence-corrected chi connectivity index (χ2v) is 8.77. The number of carbonyl (C=O) groups excluding carboxylic acids is 3. The van der Waals surface area contributed by atoms with E-state index >= 15 is 0 Å². The first-order valence-electron chi connectivity index (χ1n) is 10.8. The van der Waals surface area contributed by atoms with Crippen LogP contribution in [0.1, 0.15) is 28.6 Å². The van der Waals surface area contributed by atoms with Gasteiger partial charge in [-0.15, -0.1) is 11.3 Å². The Hall–Kier alpha value is -3.08. The van der Waals surface area contributed by atoms with Gasteiger partial charge in [-0.3, -0.25) is 24.2 Å². The lowest BCUT2D eigenvalue weighted by Gasteiger charge is -2.28. The zero-order chi connectivity index (χ0) is 22.8. The standard InChI is InChI=1S/C23H23N3O6S/c27-17-6-11-31-21(17)22(29)26(8-3-7-25-9-12-30-13-10-25)23-24-16(14-33-23)20-19(28)15-4-1-2-5-18(15)32-20/h1-2,4-6,11,14,20-21H,3,7-10,12-13H2. The number of fused-ring (bicyclic) bond motifs is 1. The van der Waals surface area contributed by atoms with Crippen molar-refractivity contribution >= 4 is 33.9 Å². The summed E-state index contributed by atoms with van der Waals surface area (Å²) < 4.78 is 16.4. The molecule has 3 aliphatic heterocycles. The molecule has 4 heterocycles. The number of morpholine rings is 1. The molecule has 10 heteroatoms. The van der Waals surface area contributed by atoms with Crippen LogP contribution >= 0.6 is 11.3 Å². The van der Waals surface area contributed by atoms with E-state index in [0.29, 0.717) is 48.3 Å². The number of hydrogen-bond donors (Lipinski definition) is 0. The number of thiazole rings is 1. The van der Waals surface area contributed by atoms with Crippen LogP contribution in [0.5, 0.6) is 5.75 Å². The maximum Gasteiger partial charge on any atom is 0.278 e. The Morgan fingerprint density at radius 2 is 2.03 bits per heavy atom. The number of Topliss-reactive ketones (excluding diaryl/α,β-unsaturated/α-hetero) is 1. The monoisotopic (exact) mass is 469 g/mol. The van der Waals surface area contributed by atoms with Crippen LogP contribution in [0.15, 0.2) is 42.0 Å². The molecule has 2 unspecified atom stereocenters. The van der Waals surface area contributed by atoms with Gasteiger partial charge in [0, 0.05) is 37.6 Å². The summed E-state index contributed by atoms with van der Waals surface area (Å²) in [5, 5.41) is 2.13. The summed E-state index contributed by atoms with van der Waals surface area (Å²) in [5.74, 6) is -0.489. The molecular weight excluding hydrogens is 446 g/mol. The number of ether oxygens (including phenoxy) is 3. The zero-order valence-corrected chi connectivity index (χ0v) is 18.7. The molecule has 3 aliphatic rings. The number of hydrogen-bond acceptors (Lipinski definition) is 9. The smallest absolute Gasteiger partial charge is 0.278 e. The van der Waals surface area contributed by atoms with E-state index in [2.05, 4.69) is 9.88 Å². The van der Waals surface area contributed by atoms with Crippen molar-refractivity contribution in [3.05, 3.63) is 53.2 Å². The SMILES string of the molecule is O=C1C=COC1C(=O)N(CCCN1CCOCC1)c1nc(C2Oc3ccccc3C2=O)cs1. The summed E-state index contributed by atoms with van der Waals surface area (Å²) in [6.07, 6.45) is 1.15. The van der Waals surface area contributed by atoms with Crippen LogP contribution in [0.25, 0.3) is 0 Å². The lowest BCUT2D eigenvalue weighted by Crippen LogP contribution is -2.44. The molecule has 1 fully saturated rings. The molecule has 1 aromatic carbocycles. The predicted octanol–water partition coefficient (Wildman–Crippen LogP) is 2.00. The molecule has 1 amide bonds. The van der Waals surface area contributed by atoms with Crippen molar-refractivity contribution in [2.45, 2.75) is 18.6 Å². The number of carbonyl (C=O) groups is 3. The van der Waals surface area contributed by atoms with E-state index in [1.54, 1.807) is 23.6 Å². The Morgan fingerprint density at radius 3 is 2.79 bits per heavy atom. The van der Waals surface area contributed by atoms with Gasteiger partial charge in [0.25, 0.3) is 5.91 Å². The Balaban J connectivity index is 1.33. The highest BCUT2D eigenvalue weighted by Gasteiger charge is 2.38. The third-order valence-electron chi connectivity index (χ3n) is 5.80. The van der Waals surface area contributed by atoms with E-state index in [4.69, 9.17) is 14.2 Å². The Morgan fingerprint density at radius 1 is 1.21 bits per heavy atom. The zero-order valence-electron chi connectivity index (χ0n) is 17.8. The molecule has 0 radical (unpaired) electrons. The van der Waals surface area contributed by atoms with Crippen molar-refractivity contribution < 1.29 is 28.6 Å². The van der Waals surface area contributed by atoms with Crippen molar-refractivity contribution in [2.75, 3.05) is 44.3 Å². The molecule has 2 aromatic rings. The highest BCUT2D eigenvalue weighted by molar-refractivity contribution is 7.14. The summed E-state index contributed by atoms with van der Waals surface area (Å²) in [7, 11) is 0. The van der Waals surface area contributed by atoms with Gasteiger partial charge < -0.3 is 14.2 Å². The number of para-hydroxylation sites is 1. The predicted molar refractivity (Wildman–Crippen MR) is 120 cm³/mol. The number of amides is 1. The number of rotatable bonds is 7. The van der Waals surface area contributed by atoms with E-state index in [0.717, 1.165) is 19.6 Å². The second kappa shape index (κ2) is 9.42. The van der Waals surface area contributed by atoms with Crippen molar-refractivity contribution in [1.82, 2.24) is 9.88 Å². The lowest BCUT2D eigenvalue weighted by molar-refractivity contribution is -0.134. The molecule has 33 heavy (non-hydrogen) atoms. The molecular formula is C23H23N3O6S. The van der Waals surface area contributed by atoms with Gasteiger partial charge in [-0.1, -0.05) is 12.1 Å². The second-order valence-electron chi connectivity index (χ2n) is 7.93. The molecule has 172 valence electrons. The molecule has 9 nitrogen and oxygen atoms in total. The maximum atomic E-state index is 13.2. The minimum Gasteiger partial charge on any atom is -0.480 e. The minimum absolute atomic E-state index is 0.161. The number of ketones is 2. The molecule has 1 aromatic heterocycles. The van der Waals surface area contributed by atoms with Crippen LogP contribution in [0.3, 0.4) is 0 Å². The largest absolute Gasteiger partial charge is 0.480 e. The van der Waals surface area contributed by atoms with E-state index < -0.39 is 18.1 Å². The first-order valence-corrected chi connectivity index (χ1v) is 11.7. The lowest BCUT2D eigenvalue weighted by atomic mass is 10.1. The van der Waals surface area contributed by atoms with Gasteiger partial charge in [-0.25, -0.2) is 4.98 Å². The normalized spacial score (nSPS) is 22.2. The number of aromatic nitrogens is 1. The fraction of sp³-hybridized carbons (Fsp3) is 0.391. The van der Waals surface area contributed by atoms with Crippen LogP contribution in [0.2, 0.25) is 0 Å². The van der Waals surface area contributed by atoms with Crippen molar-refractivity contribution in [3.8, 4) is 5.75 Å². The van der Waals surface area contributed by atoms with Gasteiger partial charge in [0.15, 0.2) is 5.13 Å². The fourth-order valence-electron chi connectivity index (χ4n) is 4.05. The summed E-state index contributed by atoms with van der Waals surface area (Å²) in [6.45, 7) is 4.27. The molecule has 2 atom stereocenters. The van der Waals surface area contributed by atoms with E-state index in [1.807, 2.05) is 6.07 Å². The van der Waals surface area contributed by atoms with E-state index in [1.165, 1.54) is 28.6 Å². The quantitative estimate of drug-likeness (QED) is 0.568. The van der Waals surface area contributed by atoms with Crippen LogP contribution in [0, 0.1) is 0 Å². The van der Waals surface area contributed by atoms with Crippen LogP contribution in [0.4, 0.5) is 5.13 Å². The maximum absolute atomic E-state index is 13.2. The van der Waals surface area contributed by atoms with Crippen LogP contribution < -0.4 is 9.64 Å². The average Bonchev–Trinajstić information content (AvgIpc) is 3.56. The minimum atomic E-state index is -1.20. The molecule has 5 rings (SSSR count). The summed E-state index contributed by atoms with van der Waals surface area (Å²) in [5.41, 5.74) is 0.963. The van der Waals surface area contributed by atoms with E-state index in [9.17, 15) is 14.4 Å². The topological polar surface area (TPSA) is 98.3 Å². The van der Waals surface area contributed by atoms with Crippen LogP contribution in [-0.4, -0.2) is 72.9 Å². The molecule has 0 bridgehead atoms. The summed E-state index contributed by atoms with van der Waals surface area (Å²) >= 11 is 1.24. The molecule has 0 aliphatic carbocycles. The highest BCUT2D eigenvalue weighted by Crippen LogP contribution is 2.37. The summed E-state index contributed by atoms with van der Waals surface area (Å²) in [6, 6.07) is 7.07. The Bertz CT molecular complexity index is 1090. The summed E-state index contributed by atoms with van der Waals surface area (Å²) in [4.78, 5) is 46.4. The van der Waals surface area contributed by atoms with Gasteiger partial charge in [-0.05, 0) is 18.6 Å². The molecule has 0 N–H and O–H groups in total. The third kappa shape index (κ3) is 4.41.